The van der Waals surface area contributed by atoms with Crippen molar-refractivity contribution in [1.29, 1.82) is 0 Å². The molecule has 2 atom stereocenters. The monoisotopic (exact) mass is 196 g/mol. The van der Waals surface area contributed by atoms with Crippen LogP contribution in [0, 0.1) is 17.3 Å². The molecule has 0 N–H and O–H groups in total. The number of hydrogen-bond acceptors (Lipinski definition) is 0. The Kier molecular flexibility index (Phi) is 1.45. The van der Waals surface area contributed by atoms with Gasteiger partial charge >= 0.3 is 11.8 Å². The maximum atomic E-state index is 13.3. The van der Waals surface area contributed by atoms with Gasteiger partial charge in [-0.2, -0.15) is 17.6 Å². The summed E-state index contributed by atoms with van der Waals surface area (Å²) in [7, 11) is 0. The highest BCUT2D eigenvalue weighted by Crippen LogP contribution is 2.77. The Morgan fingerprint density at radius 3 is 1.85 bits per heavy atom. The van der Waals surface area contributed by atoms with Crippen LogP contribution >= 0.6 is 0 Å². The van der Waals surface area contributed by atoms with Crippen molar-refractivity contribution in [1.82, 2.24) is 0 Å². The second-order valence-corrected chi connectivity index (χ2v) is 4.58. The Bertz CT molecular complexity index is 246. The molecule has 0 aliphatic heterocycles. The van der Waals surface area contributed by atoms with Crippen LogP contribution in [-0.2, 0) is 0 Å². The molecule has 0 radical (unpaired) electrons. The third-order valence-electron chi connectivity index (χ3n) is 3.73. The van der Waals surface area contributed by atoms with Crippen LogP contribution in [0.4, 0.5) is 17.6 Å². The van der Waals surface area contributed by atoms with Crippen molar-refractivity contribution < 1.29 is 17.6 Å². The molecule has 0 heterocycles. The molecule has 0 saturated heterocycles. The van der Waals surface area contributed by atoms with Gasteiger partial charge in [0.05, 0.1) is 0 Å². The molecule has 2 fully saturated rings. The van der Waals surface area contributed by atoms with Gasteiger partial charge in [0, 0.05) is 11.8 Å². The van der Waals surface area contributed by atoms with Crippen molar-refractivity contribution in [3.8, 4) is 0 Å². The van der Waals surface area contributed by atoms with Crippen LogP contribution in [0.25, 0.3) is 0 Å². The summed E-state index contributed by atoms with van der Waals surface area (Å²) < 4.78 is 52.3. The fraction of sp³-hybridized carbons (Fsp3) is 1.00. The average Bonchev–Trinajstić information content (AvgIpc) is 2.57. The minimum Gasteiger partial charge on any atom is -0.200 e. The van der Waals surface area contributed by atoms with Crippen molar-refractivity contribution >= 4 is 0 Å². The number of alkyl halides is 4. The van der Waals surface area contributed by atoms with E-state index in [0.717, 1.165) is 0 Å². The van der Waals surface area contributed by atoms with Gasteiger partial charge < -0.3 is 0 Å². The van der Waals surface area contributed by atoms with Crippen molar-refractivity contribution in [3.63, 3.8) is 0 Å². The molecule has 4 heteroatoms. The van der Waals surface area contributed by atoms with Gasteiger partial charge in [-0.1, -0.05) is 13.8 Å². The topological polar surface area (TPSA) is 0 Å². The molecule has 2 aliphatic carbocycles. The lowest BCUT2D eigenvalue weighted by Crippen LogP contribution is -2.45. The van der Waals surface area contributed by atoms with Crippen molar-refractivity contribution in [2.75, 3.05) is 0 Å². The molecule has 2 saturated carbocycles. The molecule has 2 aliphatic rings. The highest BCUT2D eigenvalue weighted by Gasteiger charge is 2.85. The summed E-state index contributed by atoms with van der Waals surface area (Å²) in [6, 6.07) is 0. The van der Waals surface area contributed by atoms with Gasteiger partial charge in [0.25, 0.3) is 0 Å². The highest BCUT2D eigenvalue weighted by molar-refractivity contribution is 5.23. The molecule has 76 valence electrons. The number of hydrogen-bond donors (Lipinski definition) is 0. The van der Waals surface area contributed by atoms with Gasteiger partial charge in [-0.15, -0.1) is 0 Å². The van der Waals surface area contributed by atoms with Crippen molar-refractivity contribution in [3.05, 3.63) is 0 Å². The summed E-state index contributed by atoms with van der Waals surface area (Å²) >= 11 is 0. The van der Waals surface area contributed by atoms with Gasteiger partial charge in [-0.25, -0.2) is 0 Å². The first kappa shape index (κ1) is 9.28. The lowest BCUT2D eigenvalue weighted by Gasteiger charge is -2.30. The van der Waals surface area contributed by atoms with Crippen LogP contribution in [0.1, 0.15) is 26.7 Å². The number of rotatable bonds is 1. The SMILES string of the molecule is CC(C)[C@@]12C[C@@H]1CC(F)(F)C2(F)F. The second kappa shape index (κ2) is 2.04. The van der Waals surface area contributed by atoms with E-state index in [2.05, 4.69) is 0 Å². The Morgan fingerprint density at radius 2 is 1.62 bits per heavy atom. The standard InChI is InChI=1S/C9H12F4/c1-5(2)7-3-6(7)4-8(10,11)9(7,12)13/h5-6H,3-4H2,1-2H3/t6-,7+/m1/s1. The van der Waals surface area contributed by atoms with Crippen molar-refractivity contribution in [2.24, 2.45) is 17.3 Å². The molecule has 0 unspecified atom stereocenters. The van der Waals surface area contributed by atoms with Gasteiger partial charge in [0.1, 0.15) is 0 Å². The van der Waals surface area contributed by atoms with Gasteiger partial charge in [-0.3, -0.25) is 0 Å². The van der Waals surface area contributed by atoms with E-state index in [-0.39, 0.29) is 12.3 Å². The van der Waals surface area contributed by atoms with E-state index >= 15 is 0 Å². The quantitative estimate of drug-likeness (QED) is 0.564. The van der Waals surface area contributed by atoms with E-state index in [1.54, 1.807) is 13.8 Å². The summed E-state index contributed by atoms with van der Waals surface area (Å²) in [6.45, 7) is 3.21. The number of halogens is 4. The molecule has 0 amide bonds. The molecule has 0 aromatic heterocycles. The molecular weight excluding hydrogens is 184 g/mol. The maximum Gasteiger partial charge on any atom is 0.316 e. The molecule has 2 rings (SSSR count). The molecule has 0 bridgehead atoms. The van der Waals surface area contributed by atoms with Crippen LogP contribution < -0.4 is 0 Å². The molecule has 13 heavy (non-hydrogen) atoms. The molecule has 0 spiro atoms. The highest BCUT2D eigenvalue weighted by atomic mass is 19.3. The van der Waals surface area contributed by atoms with E-state index < -0.39 is 29.6 Å². The Morgan fingerprint density at radius 1 is 1.08 bits per heavy atom. The van der Waals surface area contributed by atoms with Crippen LogP contribution in [0.15, 0.2) is 0 Å². The smallest absolute Gasteiger partial charge is 0.200 e. The molecule has 0 aromatic carbocycles. The molecule has 0 nitrogen and oxygen atoms in total. The Labute approximate surface area is 74.3 Å². The molecule has 0 aromatic rings. The minimum absolute atomic E-state index is 0.271. The predicted octanol–water partition coefficient (Wildman–Crippen LogP) is 3.32. The fourth-order valence-electron chi connectivity index (χ4n) is 2.84. The largest absolute Gasteiger partial charge is 0.316 e. The van der Waals surface area contributed by atoms with E-state index in [4.69, 9.17) is 0 Å². The third kappa shape index (κ3) is 0.778. The first-order valence-electron chi connectivity index (χ1n) is 4.51. The summed E-state index contributed by atoms with van der Waals surface area (Å²) in [6.07, 6.45) is -0.356. The van der Waals surface area contributed by atoms with E-state index in [0.29, 0.717) is 0 Å². The predicted molar refractivity (Wildman–Crippen MR) is 39.9 cm³/mol. The molecular formula is C9H12F4. The van der Waals surface area contributed by atoms with Crippen LogP contribution in [0.3, 0.4) is 0 Å². The minimum atomic E-state index is -3.79. The van der Waals surface area contributed by atoms with Gasteiger partial charge in [0.2, 0.25) is 0 Å². The normalized spacial score (nSPS) is 45.0. The number of fused-ring (bicyclic) bond motifs is 1. The zero-order valence-electron chi connectivity index (χ0n) is 7.58. The summed E-state index contributed by atoms with van der Waals surface area (Å²) in [5.41, 5.74) is -1.39. The van der Waals surface area contributed by atoms with Crippen molar-refractivity contribution in [2.45, 2.75) is 38.5 Å². The van der Waals surface area contributed by atoms with Crippen LogP contribution in [-0.4, -0.2) is 11.8 Å². The lowest BCUT2D eigenvalue weighted by atomic mass is 9.86. The lowest BCUT2D eigenvalue weighted by molar-refractivity contribution is -0.230. The van der Waals surface area contributed by atoms with Crippen LogP contribution in [0.5, 0.6) is 0 Å². The third-order valence-corrected chi connectivity index (χ3v) is 3.73. The van der Waals surface area contributed by atoms with E-state index in [9.17, 15) is 17.6 Å². The van der Waals surface area contributed by atoms with E-state index in [1.807, 2.05) is 0 Å². The average molecular weight is 196 g/mol. The zero-order chi connectivity index (χ0) is 10.1. The Balaban J connectivity index is 2.38. The first-order chi connectivity index (χ1) is 5.76. The van der Waals surface area contributed by atoms with Gasteiger partial charge in [-0.05, 0) is 18.3 Å². The Hall–Kier alpha value is -0.280. The summed E-state index contributed by atoms with van der Waals surface area (Å²) in [5, 5.41) is 0. The van der Waals surface area contributed by atoms with Gasteiger partial charge in [0.15, 0.2) is 0 Å². The van der Waals surface area contributed by atoms with Crippen LogP contribution in [0.2, 0.25) is 0 Å². The zero-order valence-corrected chi connectivity index (χ0v) is 7.58. The van der Waals surface area contributed by atoms with E-state index in [1.165, 1.54) is 0 Å². The summed E-state index contributed by atoms with van der Waals surface area (Å²) in [5.74, 6) is -8.39. The second-order valence-electron chi connectivity index (χ2n) is 4.58. The summed E-state index contributed by atoms with van der Waals surface area (Å²) in [4.78, 5) is 0. The fourth-order valence-corrected chi connectivity index (χ4v) is 2.84. The first-order valence-corrected chi connectivity index (χ1v) is 4.51. The maximum absolute atomic E-state index is 13.3.